The molecule has 0 saturated carbocycles. The molecule has 3 fully saturated rings. The van der Waals surface area contributed by atoms with Gasteiger partial charge in [0.05, 0.1) is 10.3 Å². The van der Waals surface area contributed by atoms with Gasteiger partial charge in [0.1, 0.15) is 0 Å². The minimum atomic E-state index is -0.245. The molecule has 4 rings (SSSR count). The number of thiophene rings is 1. The second-order valence-electron chi connectivity index (χ2n) is 9.63. The monoisotopic (exact) mass is 403 g/mol. The van der Waals surface area contributed by atoms with Crippen molar-refractivity contribution in [2.24, 2.45) is 16.7 Å². The molecular formula is C22H33N3O2S. The molecule has 6 heteroatoms. The van der Waals surface area contributed by atoms with Gasteiger partial charge in [-0.1, -0.05) is 13.8 Å². The summed E-state index contributed by atoms with van der Waals surface area (Å²) in [5.41, 5.74) is 0.846. The lowest BCUT2D eigenvalue weighted by Crippen LogP contribution is -2.53. The number of amides is 2. The zero-order valence-corrected chi connectivity index (χ0v) is 18.5. The Morgan fingerprint density at radius 2 is 1.89 bits per heavy atom. The van der Waals surface area contributed by atoms with E-state index in [9.17, 15) is 9.59 Å². The molecule has 1 atom stereocenters. The Hall–Kier alpha value is -1.40. The molecule has 4 heterocycles. The maximum absolute atomic E-state index is 13.3. The molecule has 0 N–H and O–H groups in total. The normalized spacial score (nSPS) is 27.7. The van der Waals surface area contributed by atoms with Crippen LogP contribution in [-0.4, -0.2) is 72.8 Å². The second kappa shape index (κ2) is 7.13. The predicted molar refractivity (Wildman–Crippen MR) is 113 cm³/mol. The van der Waals surface area contributed by atoms with Crippen LogP contribution in [0.4, 0.5) is 0 Å². The first kappa shape index (κ1) is 19.9. The largest absolute Gasteiger partial charge is 0.345 e. The molecule has 154 valence electrons. The predicted octanol–water partition coefficient (Wildman–Crippen LogP) is 3.10. The minimum absolute atomic E-state index is 0.0189. The third-order valence-corrected chi connectivity index (χ3v) is 8.36. The topological polar surface area (TPSA) is 43.9 Å². The number of carbonyl (C=O) groups is 2. The number of rotatable bonds is 3. The van der Waals surface area contributed by atoms with E-state index in [0.29, 0.717) is 11.8 Å². The van der Waals surface area contributed by atoms with E-state index in [-0.39, 0.29) is 16.7 Å². The maximum atomic E-state index is 13.3. The summed E-state index contributed by atoms with van der Waals surface area (Å²) in [6.07, 6.45) is 2.85. The van der Waals surface area contributed by atoms with Gasteiger partial charge in [0.2, 0.25) is 5.91 Å². The highest BCUT2D eigenvalue weighted by atomic mass is 32.1. The molecule has 1 unspecified atom stereocenters. The molecule has 1 aromatic heterocycles. The summed E-state index contributed by atoms with van der Waals surface area (Å²) in [5, 5.41) is 2.00. The van der Waals surface area contributed by atoms with Gasteiger partial charge in [-0.2, -0.15) is 0 Å². The van der Waals surface area contributed by atoms with Gasteiger partial charge in [0.15, 0.2) is 0 Å². The Balaban J connectivity index is 1.55. The van der Waals surface area contributed by atoms with E-state index in [1.54, 1.807) is 11.3 Å². The average Bonchev–Trinajstić information content (AvgIpc) is 3.29. The van der Waals surface area contributed by atoms with Gasteiger partial charge in [-0.3, -0.25) is 9.59 Å². The van der Waals surface area contributed by atoms with Crippen molar-refractivity contribution in [2.45, 2.75) is 40.0 Å². The molecule has 0 aromatic carbocycles. The molecule has 3 saturated heterocycles. The number of fused-ring (bicyclic) bond motifs is 1. The molecule has 0 radical (unpaired) electrons. The number of likely N-dealkylation sites (tertiary alicyclic amines) is 3. The van der Waals surface area contributed by atoms with Crippen LogP contribution in [0.25, 0.3) is 0 Å². The molecule has 1 aromatic rings. The van der Waals surface area contributed by atoms with Crippen LogP contribution in [0.3, 0.4) is 0 Å². The summed E-state index contributed by atoms with van der Waals surface area (Å²) >= 11 is 1.54. The van der Waals surface area contributed by atoms with Crippen molar-refractivity contribution in [1.82, 2.24) is 14.7 Å². The smallest absolute Gasteiger partial charge is 0.264 e. The highest BCUT2D eigenvalue weighted by Gasteiger charge is 2.64. The first-order chi connectivity index (χ1) is 13.3. The van der Waals surface area contributed by atoms with E-state index in [2.05, 4.69) is 18.7 Å². The van der Waals surface area contributed by atoms with Crippen molar-refractivity contribution in [3.8, 4) is 0 Å². The fourth-order valence-electron chi connectivity index (χ4n) is 5.91. The lowest BCUT2D eigenvalue weighted by Gasteiger charge is -2.47. The molecule has 0 bridgehead atoms. The number of nitrogens with zero attached hydrogens (tertiary/aromatic N) is 3. The second-order valence-corrected chi connectivity index (χ2v) is 10.5. The van der Waals surface area contributed by atoms with E-state index >= 15 is 0 Å². The Bertz CT molecular complexity index is 766. The Kier molecular flexibility index (Phi) is 5.07. The van der Waals surface area contributed by atoms with Crippen molar-refractivity contribution in [1.29, 1.82) is 0 Å². The van der Waals surface area contributed by atoms with Crippen LogP contribution in [0.5, 0.6) is 0 Å². The first-order valence-electron chi connectivity index (χ1n) is 10.6. The number of hydrogen-bond acceptors (Lipinski definition) is 4. The van der Waals surface area contributed by atoms with Gasteiger partial charge >= 0.3 is 0 Å². The molecule has 3 aliphatic heterocycles. The van der Waals surface area contributed by atoms with Crippen molar-refractivity contribution < 1.29 is 9.59 Å². The van der Waals surface area contributed by atoms with Crippen LogP contribution in [0, 0.1) is 23.7 Å². The van der Waals surface area contributed by atoms with Gasteiger partial charge in [-0.15, -0.1) is 11.3 Å². The summed E-state index contributed by atoms with van der Waals surface area (Å²) in [6, 6.07) is 2.02. The number of aryl methyl sites for hydroxylation is 1. The van der Waals surface area contributed by atoms with Gasteiger partial charge in [0.25, 0.3) is 5.91 Å². The summed E-state index contributed by atoms with van der Waals surface area (Å²) in [4.78, 5) is 33.6. The SMILES string of the molecule is Cc1ccsc1C(=O)N1CCC2(CC1)CN(CC(C)C)CC21CCN(C)C1=O. The third kappa shape index (κ3) is 3.00. The van der Waals surface area contributed by atoms with E-state index in [0.717, 1.165) is 69.0 Å². The van der Waals surface area contributed by atoms with Crippen LogP contribution >= 0.6 is 11.3 Å². The van der Waals surface area contributed by atoms with Gasteiger partial charge in [-0.25, -0.2) is 0 Å². The number of piperidine rings is 1. The molecule has 28 heavy (non-hydrogen) atoms. The van der Waals surface area contributed by atoms with Crippen molar-refractivity contribution in [3.05, 3.63) is 21.9 Å². The van der Waals surface area contributed by atoms with Crippen LogP contribution in [0.15, 0.2) is 11.4 Å². The van der Waals surface area contributed by atoms with Crippen molar-refractivity contribution in [2.75, 3.05) is 46.3 Å². The summed E-state index contributed by atoms with van der Waals surface area (Å²) < 4.78 is 0. The standard InChI is InChI=1S/C22H33N3O2S/c1-16(2)13-24-14-21(22(15-24)8-9-23(4)20(22)27)6-10-25(11-7-21)19(26)18-17(3)5-12-28-18/h5,12,16H,6-11,13-15H2,1-4H3. The minimum Gasteiger partial charge on any atom is -0.345 e. The van der Waals surface area contributed by atoms with E-state index in [1.165, 1.54) is 0 Å². The molecule has 2 spiro atoms. The third-order valence-electron chi connectivity index (χ3n) is 7.35. The zero-order chi connectivity index (χ0) is 20.1. The van der Waals surface area contributed by atoms with Crippen LogP contribution in [0.2, 0.25) is 0 Å². The van der Waals surface area contributed by atoms with E-state index in [1.807, 2.05) is 35.2 Å². The number of hydrogen-bond donors (Lipinski definition) is 0. The fraction of sp³-hybridized carbons (Fsp3) is 0.727. The van der Waals surface area contributed by atoms with E-state index in [4.69, 9.17) is 0 Å². The van der Waals surface area contributed by atoms with Gasteiger partial charge < -0.3 is 14.7 Å². The summed E-state index contributed by atoms with van der Waals surface area (Å²) in [6.45, 7) is 11.9. The first-order valence-corrected chi connectivity index (χ1v) is 11.5. The van der Waals surface area contributed by atoms with Crippen LogP contribution in [0.1, 0.15) is 48.3 Å². The average molecular weight is 404 g/mol. The zero-order valence-electron chi connectivity index (χ0n) is 17.7. The number of carbonyl (C=O) groups excluding carboxylic acids is 2. The maximum Gasteiger partial charge on any atom is 0.264 e. The van der Waals surface area contributed by atoms with Crippen LogP contribution < -0.4 is 0 Å². The van der Waals surface area contributed by atoms with Crippen LogP contribution in [-0.2, 0) is 4.79 Å². The Morgan fingerprint density at radius 1 is 1.18 bits per heavy atom. The highest BCUT2D eigenvalue weighted by molar-refractivity contribution is 7.12. The Morgan fingerprint density at radius 3 is 2.43 bits per heavy atom. The van der Waals surface area contributed by atoms with Crippen molar-refractivity contribution in [3.63, 3.8) is 0 Å². The quantitative estimate of drug-likeness (QED) is 0.779. The lowest BCUT2D eigenvalue weighted by atomic mass is 9.60. The fourth-order valence-corrected chi connectivity index (χ4v) is 6.80. The Labute approximate surface area is 172 Å². The van der Waals surface area contributed by atoms with Gasteiger partial charge in [-0.05, 0) is 49.1 Å². The molecule has 5 nitrogen and oxygen atoms in total. The molecule has 3 aliphatic rings. The highest BCUT2D eigenvalue weighted by Crippen LogP contribution is 2.57. The van der Waals surface area contributed by atoms with E-state index < -0.39 is 0 Å². The summed E-state index contributed by atoms with van der Waals surface area (Å²) in [5.74, 6) is 1.11. The molecular weight excluding hydrogens is 370 g/mol. The van der Waals surface area contributed by atoms with Gasteiger partial charge in [0, 0.05) is 51.7 Å². The van der Waals surface area contributed by atoms with Crippen molar-refractivity contribution >= 4 is 23.2 Å². The summed E-state index contributed by atoms with van der Waals surface area (Å²) in [7, 11) is 1.95. The molecule has 2 amide bonds. The lowest BCUT2D eigenvalue weighted by molar-refractivity contribution is -0.141. The molecule has 0 aliphatic carbocycles.